The first-order valence-corrected chi connectivity index (χ1v) is 13.5. The standard InChI is InChI=1S/C23H30N2O5S2/c1-4-6-31-20-18(26)11-8-13-17-12(23(28)29)9-14(24(17)3)22-25(13)15(10-30-22)16(11)19(27)21(20)32-7-5-2/h12-15,17,22H,4-10H2,1-3H3,(H,28,29)/t12-,13+,14+,15+,17-,22?/m1/s1. The van der Waals surface area contributed by atoms with E-state index in [0.717, 1.165) is 24.3 Å². The maximum absolute atomic E-state index is 13.8. The molecule has 4 aliphatic heterocycles. The summed E-state index contributed by atoms with van der Waals surface area (Å²) in [5, 5.41) is 9.89. The number of piperazine rings is 1. The SMILES string of the molecule is CCCSC1=C(SCCC)C(=O)C2=C(C[C@H]3[C@H]4[C@H](C(=O)O)C[C@@H](C5OC[C@@H]2N53)N4C)C1=O. The molecule has 5 aliphatic rings. The molecule has 0 radical (unpaired) electrons. The van der Waals surface area contributed by atoms with Crippen LogP contribution in [0.5, 0.6) is 0 Å². The highest BCUT2D eigenvalue weighted by molar-refractivity contribution is 8.08. The zero-order valence-electron chi connectivity index (χ0n) is 18.7. The van der Waals surface area contributed by atoms with E-state index in [2.05, 4.69) is 23.6 Å². The predicted octanol–water partition coefficient (Wildman–Crippen LogP) is 2.52. The monoisotopic (exact) mass is 478 g/mol. The quantitative estimate of drug-likeness (QED) is 0.555. The van der Waals surface area contributed by atoms with E-state index < -0.39 is 11.9 Å². The number of ketones is 2. The maximum Gasteiger partial charge on any atom is 0.308 e. The summed E-state index contributed by atoms with van der Waals surface area (Å²) < 4.78 is 6.21. The number of nitrogens with zero attached hydrogens (tertiary/aromatic N) is 2. The molecule has 4 heterocycles. The lowest BCUT2D eigenvalue weighted by molar-refractivity contribution is -0.144. The predicted molar refractivity (Wildman–Crippen MR) is 124 cm³/mol. The summed E-state index contributed by atoms with van der Waals surface area (Å²) in [4.78, 5) is 45.2. The van der Waals surface area contributed by atoms with Crippen LogP contribution < -0.4 is 0 Å². The molecule has 0 spiro atoms. The molecule has 0 aromatic carbocycles. The Kier molecular flexibility index (Phi) is 6.07. The Morgan fingerprint density at radius 3 is 2.38 bits per heavy atom. The van der Waals surface area contributed by atoms with Gasteiger partial charge in [0, 0.05) is 23.2 Å². The number of carboxylic acid groups (broad SMARTS) is 1. The van der Waals surface area contributed by atoms with Gasteiger partial charge in [0.1, 0.15) is 6.23 Å². The second kappa shape index (κ2) is 8.58. The average molecular weight is 479 g/mol. The van der Waals surface area contributed by atoms with Gasteiger partial charge in [0.05, 0.1) is 34.4 Å². The van der Waals surface area contributed by atoms with Crippen molar-refractivity contribution in [3.63, 3.8) is 0 Å². The van der Waals surface area contributed by atoms with Crippen LogP contribution in [0.1, 0.15) is 39.5 Å². The summed E-state index contributed by atoms with van der Waals surface area (Å²) >= 11 is 3.00. The summed E-state index contributed by atoms with van der Waals surface area (Å²) in [6.45, 7) is 4.53. The molecule has 32 heavy (non-hydrogen) atoms. The van der Waals surface area contributed by atoms with E-state index in [1.54, 1.807) is 0 Å². The highest BCUT2D eigenvalue weighted by atomic mass is 32.2. The first-order valence-electron chi connectivity index (χ1n) is 11.6. The Morgan fingerprint density at radius 1 is 1.09 bits per heavy atom. The molecule has 7 nitrogen and oxygen atoms in total. The van der Waals surface area contributed by atoms with Crippen LogP contribution in [-0.4, -0.2) is 88.0 Å². The van der Waals surface area contributed by atoms with Crippen LogP contribution in [0.2, 0.25) is 0 Å². The Bertz CT molecular complexity index is 931. The number of fused-ring (bicyclic) bond motifs is 5. The van der Waals surface area contributed by atoms with E-state index in [9.17, 15) is 19.5 Å². The van der Waals surface area contributed by atoms with E-state index in [0.29, 0.717) is 40.4 Å². The van der Waals surface area contributed by atoms with Gasteiger partial charge in [0.25, 0.3) is 0 Å². The van der Waals surface area contributed by atoms with Gasteiger partial charge in [-0.1, -0.05) is 13.8 Å². The van der Waals surface area contributed by atoms with E-state index in [4.69, 9.17) is 4.74 Å². The zero-order valence-corrected chi connectivity index (χ0v) is 20.3. The van der Waals surface area contributed by atoms with Crippen molar-refractivity contribution in [3.8, 4) is 0 Å². The third kappa shape index (κ3) is 3.19. The number of carbonyl (C=O) groups excluding carboxylic acids is 2. The van der Waals surface area contributed by atoms with Gasteiger partial charge >= 0.3 is 5.97 Å². The lowest BCUT2D eigenvalue weighted by Crippen LogP contribution is -2.66. The van der Waals surface area contributed by atoms with E-state index in [1.165, 1.54) is 23.5 Å². The number of allylic oxidation sites excluding steroid dienone is 2. The molecular formula is C23H30N2O5S2. The number of carbonyl (C=O) groups is 3. The van der Waals surface area contributed by atoms with Gasteiger partial charge in [-0.3, -0.25) is 24.2 Å². The van der Waals surface area contributed by atoms with Crippen LogP contribution in [0.4, 0.5) is 0 Å². The van der Waals surface area contributed by atoms with Crippen LogP contribution in [0.25, 0.3) is 0 Å². The smallest absolute Gasteiger partial charge is 0.308 e. The van der Waals surface area contributed by atoms with Crippen molar-refractivity contribution in [3.05, 3.63) is 21.0 Å². The lowest BCUT2D eigenvalue weighted by atomic mass is 9.77. The Morgan fingerprint density at radius 2 is 1.75 bits per heavy atom. The molecule has 6 atom stereocenters. The van der Waals surface area contributed by atoms with Crippen molar-refractivity contribution in [2.75, 3.05) is 25.2 Å². The van der Waals surface area contributed by atoms with Crippen molar-refractivity contribution in [1.82, 2.24) is 9.80 Å². The number of hydrogen-bond donors (Lipinski definition) is 1. The minimum atomic E-state index is -0.787. The largest absolute Gasteiger partial charge is 0.481 e. The molecule has 0 aromatic rings. The molecule has 9 heteroatoms. The first-order chi connectivity index (χ1) is 15.4. The van der Waals surface area contributed by atoms with Crippen molar-refractivity contribution in [1.29, 1.82) is 0 Å². The van der Waals surface area contributed by atoms with Gasteiger partial charge in [-0.15, -0.1) is 23.5 Å². The Labute approximate surface area is 197 Å². The highest BCUT2D eigenvalue weighted by Gasteiger charge is 2.63. The number of Topliss-reactive ketones (excluding diaryl/α,β-unsaturated/α-hetero) is 2. The molecule has 2 bridgehead atoms. The number of rotatable bonds is 7. The summed E-state index contributed by atoms with van der Waals surface area (Å²) in [6.07, 6.45) is 2.60. The van der Waals surface area contributed by atoms with E-state index in [-0.39, 0.29) is 42.0 Å². The van der Waals surface area contributed by atoms with Gasteiger partial charge in [-0.2, -0.15) is 0 Å². The molecule has 0 aromatic heterocycles. The van der Waals surface area contributed by atoms with Gasteiger partial charge in [-0.05, 0) is 44.2 Å². The fourth-order valence-electron chi connectivity index (χ4n) is 6.24. The van der Waals surface area contributed by atoms with Gasteiger partial charge in [0.15, 0.2) is 11.6 Å². The van der Waals surface area contributed by atoms with Crippen molar-refractivity contribution >= 4 is 41.1 Å². The molecule has 0 saturated carbocycles. The highest BCUT2D eigenvalue weighted by Crippen LogP contribution is 2.52. The van der Waals surface area contributed by atoms with E-state index in [1.807, 2.05) is 7.05 Å². The van der Waals surface area contributed by atoms with Gasteiger partial charge in [0.2, 0.25) is 0 Å². The third-order valence-electron chi connectivity index (χ3n) is 7.51. The number of likely N-dealkylation sites (N-methyl/N-ethyl adjacent to an activating group) is 1. The minimum Gasteiger partial charge on any atom is -0.481 e. The summed E-state index contributed by atoms with van der Waals surface area (Å²) in [5.74, 6) is 0.302. The molecule has 3 saturated heterocycles. The molecule has 174 valence electrons. The third-order valence-corrected chi connectivity index (χ3v) is 10.2. The Hall–Kier alpha value is -1.13. The summed E-state index contributed by atoms with van der Waals surface area (Å²) in [5.41, 5.74) is 1.22. The van der Waals surface area contributed by atoms with Crippen LogP contribution in [0.3, 0.4) is 0 Å². The second-order valence-corrected chi connectivity index (χ2v) is 11.5. The molecule has 1 aliphatic carbocycles. The lowest BCUT2D eigenvalue weighted by Gasteiger charge is -2.52. The van der Waals surface area contributed by atoms with Crippen LogP contribution in [0.15, 0.2) is 21.0 Å². The maximum atomic E-state index is 13.8. The fourth-order valence-corrected chi connectivity index (χ4v) is 8.35. The van der Waals surface area contributed by atoms with E-state index >= 15 is 0 Å². The van der Waals surface area contributed by atoms with Crippen LogP contribution in [-0.2, 0) is 19.1 Å². The molecule has 1 unspecified atom stereocenters. The van der Waals surface area contributed by atoms with Crippen molar-refractivity contribution < 1.29 is 24.2 Å². The number of aliphatic carboxylic acids is 1. The van der Waals surface area contributed by atoms with Crippen LogP contribution >= 0.6 is 23.5 Å². The minimum absolute atomic E-state index is 0.000885. The number of thioether (sulfide) groups is 2. The number of ether oxygens (including phenoxy) is 1. The number of hydrogen-bond acceptors (Lipinski definition) is 8. The van der Waals surface area contributed by atoms with Gasteiger partial charge in [-0.25, -0.2) is 0 Å². The molecule has 3 fully saturated rings. The molecule has 0 amide bonds. The molecular weight excluding hydrogens is 448 g/mol. The zero-order chi connectivity index (χ0) is 22.7. The van der Waals surface area contributed by atoms with Crippen molar-refractivity contribution in [2.24, 2.45) is 5.92 Å². The van der Waals surface area contributed by atoms with Crippen LogP contribution in [0, 0.1) is 5.92 Å². The second-order valence-electron chi connectivity index (χ2n) is 9.27. The van der Waals surface area contributed by atoms with Crippen molar-refractivity contribution in [2.45, 2.75) is 69.9 Å². The average Bonchev–Trinajstić information content (AvgIpc) is 3.30. The normalized spacial score (nSPS) is 36.7. The number of carboxylic acids is 1. The fraction of sp³-hybridized carbons (Fsp3) is 0.696. The topological polar surface area (TPSA) is 87.2 Å². The molecule has 5 rings (SSSR count). The first kappa shape index (κ1) is 22.7. The summed E-state index contributed by atoms with van der Waals surface area (Å²) in [7, 11) is 1.98. The van der Waals surface area contributed by atoms with Gasteiger partial charge < -0.3 is 9.84 Å². The Balaban J connectivity index is 1.56. The summed E-state index contributed by atoms with van der Waals surface area (Å²) in [6, 6.07) is -0.568. The molecule has 1 N–H and O–H groups in total.